The number of aromatic nitrogens is 1. The van der Waals surface area contributed by atoms with Gasteiger partial charge in [0.15, 0.2) is 0 Å². The van der Waals surface area contributed by atoms with Crippen molar-refractivity contribution < 1.29 is 4.74 Å². The topological polar surface area (TPSA) is 25.4 Å². The van der Waals surface area contributed by atoms with Crippen molar-refractivity contribution in [2.45, 2.75) is 6.92 Å². The van der Waals surface area contributed by atoms with Gasteiger partial charge in [-0.25, -0.2) is 4.98 Å². The zero-order chi connectivity index (χ0) is 13.1. The van der Waals surface area contributed by atoms with Crippen LogP contribution in [0.1, 0.15) is 5.56 Å². The van der Waals surface area contributed by atoms with E-state index in [0.29, 0.717) is 6.61 Å². The monoisotopic (exact) mass is 346 g/mol. The Kier molecular flexibility index (Phi) is 7.60. The van der Waals surface area contributed by atoms with E-state index in [4.69, 9.17) is 4.74 Å². The molecule has 0 unspecified atom stereocenters. The molecule has 0 saturated carbocycles. The van der Waals surface area contributed by atoms with E-state index in [-0.39, 0.29) is 24.8 Å². The van der Waals surface area contributed by atoms with Crippen molar-refractivity contribution in [3.8, 4) is 5.88 Å². The third-order valence-electron chi connectivity index (χ3n) is 3.38. The van der Waals surface area contributed by atoms with Gasteiger partial charge < -0.3 is 4.74 Å². The third kappa shape index (κ3) is 4.65. The number of pyridine rings is 1. The van der Waals surface area contributed by atoms with E-state index in [2.05, 4.69) is 22.9 Å². The van der Waals surface area contributed by atoms with E-state index in [0.717, 1.165) is 23.8 Å². The molecule has 1 fully saturated rings. The zero-order valence-electron chi connectivity index (χ0n) is 11.9. The van der Waals surface area contributed by atoms with Gasteiger partial charge in [-0.05, 0) is 18.6 Å². The number of aryl methyl sites for hydroxylation is 1. The van der Waals surface area contributed by atoms with Gasteiger partial charge in [-0.2, -0.15) is 0 Å². The van der Waals surface area contributed by atoms with E-state index in [1.54, 1.807) is 0 Å². The molecule has 3 nitrogen and oxygen atoms in total. The molecule has 2 heterocycles. The van der Waals surface area contributed by atoms with Crippen LogP contribution < -0.4 is 4.74 Å². The second kappa shape index (κ2) is 8.69. The van der Waals surface area contributed by atoms with Gasteiger partial charge in [0.25, 0.3) is 0 Å². The largest absolute Gasteiger partial charge is 0.476 e. The Hall–Kier alpha value is -0.680. The van der Waals surface area contributed by atoms with Crippen molar-refractivity contribution in [3.63, 3.8) is 0 Å². The Labute approximate surface area is 142 Å². The highest BCUT2D eigenvalue weighted by atomic mass is 35.5. The van der Waals surface area contributed by atoms with E-state index >= 15 is 0 Å². The molecule has 21 heavy (non-hydrogen) atoms. The lowest BCUT2D eigenvalue weighted by atomic mass is 10.1. The van der Waals surface area contributed by atoms with Gasteiger partial charge in [0.2, 0.25) is 5.88 Å². The van der Waals surface area contributed by atoms with Crippen LogP contribution in [-0.4, -0.2) is 41.2 Å². The Morgan fingerprint density at radius 3 is 2.86 bits per heavy atom. The highest BCUT2D eigenvalue weighted by Crippen LogP contribution is 2.21. The molecule has 116 valence electrons. The first kappa shape index (κ1) is 18.4. The van der Waals surface area contributed by atoms with Gasteiger partial charge in [-0.15, -0.1) is 36.6 Å². The fraction of sp³-hybridized carbons (Fsp3) is 0.400. The number of rotatable bonds is 4. The van der Waals surface area contributed by atoms with E-state index < -0.39 is 0 Å². The summed E-state index contributed by atoms with van der Waals surface area (Å²) in [6.45, 7) is 4.98. The number of ether oxygens (including phenoxy) is 1. The Balaban J connectivity index is 0.00000110. The predicted molar refractivity (Wildman–Crippen MR) is 95.4 cm³/mol. The van der Waals surface area contributed by atoms with Crippen LogP contribution in [0.4, 0.5) is 0 Å². The average Bonchev–Trinajstić information content (AvgIpc) is 2.92. The summed E-state index contributed by atoms with van der Waals surface area (Å²) in [7, 11) is 0. The van der Waals surface area contributed by atoms with Crippen molar-refractivity contribution in [1.29, 1.82) is 0 Å². The molecule has 1 aliphatic heterocycles. The maximum atomic E-state index is 5.79. The minimum atomic E-state index is 0. The Bertz CT molecular complexity index is 577. The van der Waals surface area contributed by atoms with Gasteiger partial charge in [0.1, 0.15) is 6.61 Å². The van der Waals surface area contributed by atoms with Gasteiger partial charge in [0.05, 0.1) is 5.52 Å². The number of hydrogen-bond donors (Lipinski definition) is 0. The first-order valence-electron chi connectivity index (χ1n) is 6.62. The lowest BCUT2D eigenvalue weighted by molar-refractivity contribution is 0.239. The number of hydrogen-bond acceptors (Lipinski definition) is 4. The van der Waals surface area contributed by atoms with Crippen LogP contribution in [0, 0.1) is 6.92 Å². The molecular formula is C15H20Cl2N2OS. The Morgan fingerprint density at radius 1 is 1.29 bits per heavy atom. The van der Waals surface area contributed by atoms with Crippen LogP contribution in [0.2, 0.25) is 0 Å². The number of fused-ring (bicyclic) bond motifs is 1. The number of nitrogens with zero attached hydrogens (tertiary/aromatic N) is 2. The summed E-state index contributed by atoms with van der Waals surface area (Å²) in [6, 6.07) is 10.2. The maximum Gasteiger partial charge on any atom is 0.214 e. The van der Waals surface area contributed by atoms with Crippen LogP contribution in [0.15, 0.2) is 30.3 Å². The first-order chi connectivity index (χ1) is 9.33. The van der Waals surface area contributed by atoms with Crippen molar-refractivity contribution in [2.24, 2.45) is 0 Å². The number of para-hydroxylation sites is 1. The maximum absolute atomic E-state index is 5.79. The Morgan fingerprint density at radius 2 is 2.10 bits per heavy atom. The van der Waals surface area contributed by atoms with Crippen molar-refractivity contribution in [3.05, 3.63) is 35.9 Å². The van der Waals surface area contributed by atoms with Gasteiger partial charge in [-0.1, -0.05) is 18.2 Å². The second-order valence-electron chi connectivity index (χ2n) is 4.80. The summed E-state index contributed by atoms with van der Waals surface area (Å²) in [6.07, 6.45) is 0. The molecular weight excluding hydrogens is 327 g/mol. The highest BCUT2D eigenvalue weighted by molar-refractivity contribution is 7.99. The van der Waals surface area contributed by atoms with Crippen LogP contribution in [0.25, 0.3) is 10.9 Å². The molecule has 0 atom stereocenters. The third-order valence-corrected chi connectivity index (χ3v) is 4.40. The second-order valence-corrected chi connectivity index (χ2v) is 5.87. The van der Waals surface area contributed by atoms with Crippen LogP contribution in [0.3, 0.4) is 0 Å². The molecule has 0 bridgehead atoms. The average molecular weight is 347 g/mol. The van der Waals surface area contributed by atoms with Crippen LogP contribution in [0.5, 0.6) is 5.88 Å². The normalized spacial score (nSPS) is 14.5. The molecule has 0 radical (unpaired) electrons. The predicted octanol–water partition coefficient (Wildman–Crippen LogP) is 3.77. The van der Waals surface area contributed by atoms with Crippen LogP contribution >= 0.6 is 36.6 Å². The number of thioether (sulfide) groups is 1. The van der Waals surface area contributed by atoms with Crippen molar-refractivity contribution in [2.75, 3.05) is 31.3 Å². The van der Waals surface area contributed by atoms with Crippen molar-refractivity contribution in [1.82, 2.24) is 9.88 Å². The minimum absolute atomic E-state index is 0. The standard InChI is InChI=1S/C15H18N2OS.2ClH/c1-12-10-15(16-14-5-3-2-4-13(12)14)18-8-6-17-7-9-19-11-17;;/h2-5,10H,6-9,11H2,1H3;2*1H. The lowest BCUT2D eigenvalue weighted by Crippen LogP contribution is -2.25. The molecule has 0 N–H and O–H groups in total. The highest BCUT2D eigenvalue weighted by Gasteiger charge is 2.11. The van der Waals surface area contributed by atoms with E-state index in [9.17, 15) is 0 Å². The molecule has 0 aliphatic carbocycles. The minimum Gasteiger partial charge on any atom is -0.476 e. The molecule has 0 spiro atoms. The van der Waals surface area contributed by atoms with Crippen LogP contribution in [-0.2, 0) is 0 Å². The van der Waals surface area contributed by atoms with Gasteiger partial charge in [-0.3, -0.25) is 4.90 Å². The SMILES string of the molecule is Cc1cc(OCCN2CCSC2)nc2ccccc12.Cl.Cl. The van der Waals surface area contributed by atoms with E-state index in [1.807, 2.05) is 36.0 Å². The molecule has 0 amide bonds. The first-order valence-corrected chi connectivity index (χ1v) is 7.78. The quantitative estimate of drug-likeness (QED) is 0.841. The molecule has 1 saturated heterocycles. The number of halogens is 2. The van der Waals surface area contributed by atoms with Gasteiger partial charge in [0, 0.05) is 36.2 Å². The molecule has 1 aromatic carbocycles. The summed E-state index contributed by atoms with van der Waals surface area (Å²) in [5, 5.41) is 1.20. The molecule has 1 aliphatic rings. The molecule has 1 aromatic heterocycles. The molecule has 3 rings (SSSR count). The van der Waals surface area contributed by atoms with Gasteiger partial charge >= 0.3 is 0 Å². The summed E-state index contributed by atoms with van der Waals surface area (Å²) >= 11 is 1.99. The summed E-state index contributed by atoms with van der Waals surface area (Å²) in [5.41, 5.74) is 2.23. The zero-order valence-corrected chi connectivity index (χ0v) is 14.4. The molecule has 6 heteroatoms. The number of benzene rings is 1. The van der Waals surface area contributed by atoms with E-state index in [1.165, 1.54) is 23.2 Å². The fourth-order valence-electron chi connectivity index (χ4n) is 2.30. The summed E-state index contributed by atoms with van der Waals surface area (Å²) in [5.74, 6) is 3.11. The summed E-state index contributed by atoms with van der Waals surface area (Å²) in [4.78, 5) is 6.97. The lowest BCUT2D eigenvalue weighted by Gasteiger charge is -2.14. The summed E-state index contributed by atoms with van der Waals surface area (Å²) < 4.78 is 5.79. The fourth-order valence-corrected chi connectivity index (χ4v) is 3.33. The molecule has 2 aromatic rings. The smallest absolute Gasteiger partial charge is 0.214 e. The van der Waals surface area contributed by atoms with Crippen molar-refractivity contribution >= 4 is 47.5 Å².